The van der Waals surface area contributed by atoms with Crippen molar-refractivity contribution in [1.29, 1.82) is 0 Å². The van der Waals surface area contributed by atoms with E-state index in [2.05, 4.69) is 15.9 Å². The van der Waals surface area contributed by atoms with Crippen LogP contribution in [-0.4, -0.2) is 5.11 Å². The smallest absolute Gasteiger partial charge is 0.104 e. The minimum atomic E-state index is -0.633. The van der Waals surface area contributed by atoms with Gasteiger partial charge in [0.2, 0.25) is 0 Å². The molecule has 82 valence electrons. The monoisotopic (exact) mass is 296 g/mol. The van der Waals surface area contributed by atoms with Gasteiger partial charge in [-0.25, -0.2) is 0 Å². The molecular formula is C13H10BrClO. The highest BCUT2D eigenvalue weighted by molar-refractivity contribution is 9.10. The first-order valence-corrected chi connectivity index (χ1v) is 6.03. The quantitative estimate of drug-likeness (QED) is 0.881. The van der Waals surface area contributed by atoms with Gasteiger partial charge in [-0.2, -0.15) is 0 Å². The van der Waals surface area contributed by atoms with Crippen molar-refractivity contribution in [3.63, 3.8) is 0 Å². The van der Waals surface area contributed by atoms with E-state index in [0.717, 1.165) is 15.6 Å². The maximum absolute atomic E-state index is 10.1. The van der Waals surface area contributed by atoms with Crippen LogP contribution in [0.5, 0.6) is 0 Å². The van der Waals surface area contributed by atoms with Gasteiger partial charge in [0.1, 0.15) is 6.10 Å². The summed E-state index contributed by atoms with van der Waals surface area (Å²) in [5.41, 5.74) is 1.65. The number of benzene rings is 2. The summed E-state index contributed by atoms with van der Waals surface area (Å²) in [6, 6.07) is 14.8. The van der Waals surface area contributed by atoms with Crippen molar-refractivity contribution in [2.75, 3.05) is 0 Å². The zero-order valence-electron chi connectivity index (χ0n) is 8.40. The van der Waals surface area contributed by atoms with Crippen molar-refractivity contribution >= 4 is 27.5 Å². The van der Waals surface area contributed by atoms with Crippen LogP contribution in [0.25, 0.3) is 0 Å². The van der Waals surface area contributed by atoms with E-state index in [0.29, 0.717) is 5.02 Å². The fourth-order valence-electron chi connectivity index (χ4n) is 1.51. The van der Waals surface area contributed by atoms with E-state index >= 15 is 0 Å². The van der Waals surface area contributed by atoms with E-state index in [1.54, 1.807) is 12.1 Å². The summed E-state index contributed by atoms with van der Waals surface area (Å²) in [5.74, 6) is 0. The Balaban J connectivity index is 2.31. The van der Waals surface area contributed by atoms with Crippen LogP contribution in [0.1, 0.15) is 17.2 Å². The third kappa shape index (κ3) is 2.64. The highest BCUT2D eigenvalue weighted by atomic mass is 79.9. The summed E-state index contributed by atoms with van der Waals surface area (Å²) in [5, 5.41) is 10.8. The average molecular weight is 298 g/mol. The molecule has 0 bridgehead atoms. The van der Waals surface area contributed by atoms with E-state index in [-0.39, 0.29) is 0 Å². The summed E-state index contributed by atoms with van der Waals surface area (Å²) < 4.78 is 0.995. The zero-order chi connectivity index (χ0) is 11.5. The first-order chi connectivity index (χ1) is 7.66. The fourth-order valence-corrected chi connectivity index (χ4v) is 1.98. The van der Waals surface area contributed by atoms with Crippen LogP contribution < -0.4 is 0 Å². The van der Waals surface area contributed by atoms with E-state index < -0.39 is 6.10 Å². The predicted octanol–water partition coefficient (Wildman–Crippen LogP) is 4.18. The van der Waals surface area contributed by atoms with Gasteiger partial charge in [0.25, 0.3) is 0 Å². The normalized spacial score (nSPS) is 12.4. The highest BCUT2D eigenvalue weighted by Gasteiger charge is 2.10. The zero-order valence-corrected chi connectivity index (χ0v) is 10.7. The Bertz CT molecular complexity index is 482. The molecule has 0 fully saturated rings. The number of halogens is 2. The average Bonchev–Trinajstić information content (AvgIpc) is 2.29. The first-order valence-electron chi connectivity index (χ1n) is 4.86. The second kappa shape index (κ2) is 5.00. The summed E-state index contributed by atoms with van der Waals surface area (Å²) in [7, 11) is 0. The van der Waals surface area contributed by atoms with Crippen molar-refractivity contribution in [2.24, 2.45) is 0 Å². The molecule has 0 amide bonds. The summed E-state index contributed by atoms with van der Waals surface area (Å²) >= 11 is 9.24. The van der Waals surface area contributed by atoms with Crippen molar-refractivity contribution < 1.29 is 5.11 Å². The van der Waals surface area contributed by atoms with Crippen LogP contribution >= 0.6 is 27.5 Å². The van der Waals surface area contributed by atoms with E-state index in [1.165, 1.54) is 0 Å². The molecule has 0 aliphatic carbocycles. The number of aliphatic hydroxyl groups is 1. The second-order valence-electron chi connectivity index (χ2n) is 3.51. The van der Waals surface area contributed by atoms with E-state index in [1.807, 2.05) is 36.4 Å². The molecule has 2 aromatic rings. The summed E-state index contributed by atoms with van der Waals surface area (Å²) in [6.07, 6.45) is -0.633. The van der Waals surface area contributed by atoms with Crippen molar-refractivity contribution in [2.45, 2.75) is 6.10 Å². The molecule has 2 aromatic carbocycles. The largest absolute Gasteiger partial charge is 0.384 e. The van der Waals surface area contributed by atoms with Gasteiger partial charge in [0, 0.05) is 9.50 Å². The minimum Gasteiger partial charge on any atom is -0.384 e. The molecule has 0 radical (unpaired) electrons. The third-order valence-corrected chi connectivity index (χ3v) is 3.11. The van der Waals surface area contributed by atoms with E-state index in [4.69, 9.17) is 11.6 Å². The maximum atomic E-state index is 10.1. The lowest BCUT2D eigenvalue weighted by Crippen LogP contribution is -1.98. The lowest BCUT2D eigenvalue weighted by atomic mass is 10.0. The molecule has 0 saturated carbocycles. The first kappa shape index (κ1) is 11.6. The lowest BCUT2D eigenvalue weighted by molar-refractivity contribution is 0.220. The van der Waals surface area contributed by atoms with Crippen LogP contribution in [0.2, 0.25) is 5.02 Å². The third-order valence-electron chi connectivity index (χ3n) is 2.35. The molecule has 16 heavy (non-hydrogen) atoms. The van der Waals surface area contributed by atoms with Crippen molar-refractivity contribution in [3.8, 4) is 0 Å². The van der Waals surface area contributed by atoms with Gasteiger partial charge in [-0.1, -0.05) is 51.8 Å². The molecule has 3 heteroatoms. The molecule has 0 spiro atoms. The minimum absolute atomic E-state index is 0.633. The summed E-state index contributed by atoms with van der Waals surface area (Å²) in [4.78, 5) is 0. The molecule has 0 heterocycles. The Hall–Kier alpha value is -0.830. The second-order valence-corrected chi connectivity index (χ2v) is 4.86. The van der Waals surface area contributed by atoms with Crippen LogP contribution in [0.3, 0.4) is 0 Å². The van der Waals surface area contributed by atoms with Crippen molar-refractivity contribution in [1.82, 2.24) is 0 Å². The van der Waals surface area contributed by atoms with Gasteiger partial charge < -0.3 is 5.11 Å². The Kier molecular flexibility index (Phi) is 3.64. The Labute approximate surface area is 108 Å². The van der Waals surface area contributed by atoms with E-state index in [9.17, 15) is 5.11 Å². The molecule has 0 aliphatic heterocycles. The van der Waals surface area contributed by atoms with Gasteiger partial charge in [0.05, 0.1) is 0 Å². The topological polar surface area (TPSA) is 20.2 Å². The van der Waals surface area contributed by atoms with Gasteiger partial charge in [-0.05, 0) is 35.4 Å². The number of hydrogen-bond donors (Lipinski definition) is 1. The summed E-state index contributed by atoms with van der Waals surface area (Å²) in [6.45, 7) is 0. The Morgan fingerprint density at radius 3 is 2.31 bits per heavy atom. The van der Waals surface area contributed by atoms with Crippen LogP contribution in [0.15, 0.2) is 53.0 Å². The molecule has 0 aliphatic rings. The van der Waals surface area contributed by atoms with Crippen LogP contribution in [0.4, 0.5) is 0 Å². The van der Waals surface area contributed by atoms with Crippen molar-refractivity contribution in [3.05, 3.63) is 69.2 Å². The molecule has 0 aromatic heterocycles. The lowest BCUT2D eigenvalue weighted by Gasteiger charge is -2.11. The Morgan fingerprint density at radius 1 is 1.00 bits per heavy atom. The van der Waals surface area contributed by atoms with Gasteiger partial charge in [-0.3, -0.25) is 0 Å². The molecule has 0 unspecified atom stereocenters. The standard InChI is InChI=1S/C13H10BrClO/c14-11-6-4-9(5-7-11)13(16)10-2-1-3-12(15)8-10/h1-8,13,16H/t13-/m1/s1. The molecule has 2 rings (SSSR count). The molecular weight excluding hydrogens is 287 g/mol. The van der Waals surface area contributed by atoms with Gasteiger partial charge >= 0.3 is 0 Å². The number of rotatable bonds is 2. The van der Waals surface area contributed by atoms with Crippen LogP contribution in [0, 0.1) is 0 Å². The molecule has 0 saturated heterocycles. The predicted molar refractivity (Wildman–Crippen MR) is 69.7 cm³/mol. The SMILES string of the molecule is O[C@H](c1ccc(Br)cc1)c1cccc(Cl)c1. The molecule has 1 N–H and O–H groups in total. The maximum Gasteiger partial charge on any atom is 0.104 e. The Morgan fingerprint density at radius 2 is 1.69 bits per heavy atom. The van der Waals surface area contributed by atoms with Crippen LogP contribution in [-0.2, 0) is 0 Å². The fraction of sp³-hybridized carbons (Fsp3) is 0.0769. The molecule has 1 nitrogen and oxygen atoms in total. The van der Waals surface area contributed by atoms with Gasteiger partial charge in [0.15, 0.2) is 0 Å². The number of aliphatic hydroxyl groups excluding tert-OH is 1. The molecule has 1 atom stereocenters. The highest BCUT2D eigenvalue weighted by Crippen LogP contribution is 2.25. The number of hydrogen-bond acceptors (Lipinski definition) is 1. The van der Waals surface area contributed by atoms with Gasteiger partial charge in [-0.15, -0.1) is 0 Å².